The monoisotopic (exact) mass is 248 g/mol. The molecule has 1 amide bonds. The van der Waals surface area contributed by atoms with Crippen LogP contribution in [0.3, 0.4) is 0 Å². The Balaban J connectivity index is 2.02. The van der Waals surface area contributed by atoms with Crippen LogP contribution in [0.2, 0.25) is 0 Å². The first-order chi connectivity index (χ1) is 8.58. The molecule has 0 aliphatic heterocycles. The van der Waals surface area contributed by atoms with Crippen LogP contribution in [0.25, 0.3) is 0 Å². The van der Waals surface area contributed by atoms with Gasteiger partial charge < -0.3 is 9.88 Å². The van der Waals surface area contributed by atoms with Crippen molar-refractivity contribution < 1.29 is 4.79 Å². The largest absolute Gasteiger partial charge is 0.349 e. The Bertz CT molecular complexity index is 487. The fraction of sp³-hybridized carbons (Fsp3) is 0.571. The Labute approximate surface area is 107 Å². The summed E-state index contributed by atoms with van der Waals surface area (Å²) in [5, 5.41) is 3.00. The summed E-state index contributed by atoms with van der Waals surface area (Å²) in [7, 11) is 1.67. The number of aryl methyl sites for hydroxylation is 1. The highest BCUT2D eigenvalue weighted by molar-refractivity contribution is 5.94. The zero-order chi connectivity index (χ0) is 13.1. The van der Waals surface area contributed by atoms with Crippen LogP contribution >= 0.6 is 0 Å². The fourth-order valence-corrected chi connectivity index (χ4v) is 2.56. The first kappa shape index (κ1) is 12.9. The lowest BCUT2D eigenvalue weighted by atomic mass is 9.99. The number of hydrogen-bond acceptors (Lipinski definition) is 2. The molecule has 1 fully saturated rings. The lowest BCUT2D eigenvalue weighted by molar-refractivity contribution is 0.0927. The van der Waals surface area contributed by atoms with Gasteiger partial charge in [0, 0.05) is 30.9 Å². The lowest BCUT2D eigenvalue weighted by Crippen LogP contribution is -2.37. The van der Waals surface area contributed by atoms with E-state index in [-0.39, 0.29) is 17.5 Å². The van der Waals surface area contributed by atoms with E-state index in [1.807, 2.05) is 0 Å². The molecule has 1 aromatic rings. The molecule has 0 saturated heterocycles. The first-order valence-corrected chi connectivity index (χ1v) is 6.55. The molecule has 4 nitrogen and oxygen atoms in total. The first-order valence-electron chi connectivity index (χ1n) is 6.55. The van der Waals surface area contributed by atoms with E-state index >= 15 is 0 Å². The molecule has 0 bridgehead atoms. The van der Waals surface area contributed by atoms with Gasteiger partial charge in [0.1, 0.15) is 0 Å². The minimum absolute atomic E-state index is 0.146. The highest BCUT2D eigenvalue weighted by atomic mass is 16.2. The van der Waals surface area contributed by atoms with E-state index in [1.54, 1.807) is 19.3 Å². The standard InChI is InChI=1S/C14H20N2O2/c1-10(11-5-3-4-6-11)15-14(18)12-7-8-16(2)13(17)9-12/h7-11H,3-6H2,1-2H3,(H,15,18). The maximum atomic E-state index is 12.0. The number of nitrogens with zero attached hydrogens (tertiary/aromatic N) is 1. The molecule has 1 saturated carbocycles. The van der Waals surface area contributed by atoms with Crippen LogP contribution in [-0.4, -0.2) is 16.5 Å². The second-order valence-corrected chi connectivity index (χ2v) is 5.17. The van der Waals surface area contributed by atoms with Crippen molar-refractivity contribution in [3.8, 4) is 0 Å². The van der Waals surface area contributed by atoms with Gasteiger partial charge in [0.05, 0.1) is 0 Å². The molecule has 1 aromatic heterocycles. The van der Waals surface area contributed by atoms with Crippen molar-refractivity contribution in [1.29, 1.82) is 0 Å². The highest BCUT2D eigenvalue weighted by Crippen LogP contribution is 2.27. The highest BCUT2D eigenvalue weighted by Gasteiger charge is 2.23. The fourth-order valence-electron chi connectivity index (χ4n) is 2.56. The third kappa shape index (κ3) is 2.81. The van der Waals surface area contributed by atoms with Crippen LogP contribution in [-0.2, 0) is 7.05 Å². The number of nitrogens with one attached hydrogen (secondary N) is 1. The van der Waals surface area contributed by atoms with Crippen LogP contribution in [0.15, 0.2) is 23.1 Å². The van der Waals surface area contributed by atoms with Crippen LogP contribution in [0.4, 0.5) is 0 Å². The molecule has 4 heteroatoms. The minimum atomic E-state index is -0.156. The molecule has 2 rings (SSSR count). The summed E-state index contributed by atoms with van der Waals surface area (Å²) < 4.78 is 1.46. The van der Waals surface area contributed by atoms with Gasteiger partial charge in [-0.25, -0.2) is 0 Å². The van der Waals surface area contributed by atoms with E-state index in [0.29, 0.717) is 11.5 Å². The van der Waals surface area contributed by atoms with E-state index in [2.05, 4.69) is 12.2 Å². The molecule has 1 unspecified atom stereocenters. The van der Waals surface area contributed by atoms with Crippen molar-refractivity contribution in [3.05, 3.63) is 34.2 Å². The number of rotatable bonds is 3. The normalized spacial score (nSPS) is 17.7. The lowest BCUT2D eigenvalue weighted by Gasteiger charge is -2.20. The van der Waals surface area contributed by atoms with Gasteiger partial charge in [-0.05, 0) is 31.7 Å². The molecule has 98 valence electrons. The summed E-state index contributed by atoms with van der Waals surface area (Å²) in [6, 6.07) is 3.25. The van der Waals surface area contributed by atoms with Gasteiger partial charge in [-0.3, -0.25) is 9.59 Å². The molecule has 1 N–H and O–H groups in total. The zero-order valence-electron chi connectivity index (χ0n) is 11.0. The van der Waals surface area contributed by atoms with Crippen molar-refractivity contribution in [2.45, 2.75) is 38.6 Å². The van der Waals surface area contributed by atoms with Crippen molar-refractivity contribution in [3.63, 3.8) is 0 Å². The average Bonchev–Trinajstić information content (AvgIpc) is 2.86. The van der Waals surface area contributed by atoms with Gasteiger partial charge in [-0.1, -0.05) is 12.8 Å². The van der Waals surface area contributed by atoms with Crippen molar-refractivity contribution in [2.24, 2.45) is 13.0 Å². The van der Waals surface area contributed by atoms with E-state index in [4.69, 9.17) is 0 Å². The van der Waals surface area contributed by atoms with Gasteiger partial charge in [-0.15, -0.1) is 0 Å². The number of aromatic nitrogens is 1. The molecular formula is C14H20N2O2. The second-order valence-electron chi connectivity index (χ2n) is 5.17. The summed E-state index contributed by atoms with van der Waals surface area (Å²) in [5.41, 5.74) is 0.291. The summed E-state index contributed by atoms with van der Waals surface area (Å²) in [6.45, 7) is 2.05. The van der Waals surface area contributed by atoms with Gasteiger partial charge in [0.25, 0.3) is 11.5 Å². The third-order valence-corrected chi connectivity index (χ3v) is 3.83. The Morgan fingerprint density at radius 3 is 2.72 bits per heavy atom. The number of pyridine rings is 1. The van der Waals surface area contributed by atoms with Crippen LogP contribution in [0.5, 0.6) is 0 Å². The van der Waals surface area contributed by atoms with E-state index < -0.39 is 0 Å². The summed E-state index contributed by atoms with van der Waals surface area (Å²) >= 11 is 0. The van der Waals surface area contributed by atoms with Crippen LogP contribution < -0.4 is 10.9 Å². The second kappa shape index (κ2) is 5.38. The van der Waals surface area contributed by atoms with Crippen LogP contribution in [0, 0.1) is 5.92 Å². The Kier molecular flexibility index (Phi) is 3.84. The number of carbonyl (C=O) groups is 1. The van der Waals surface area contributed by atoms with E-state index in [1.165, 1.54) is 36.3 Å². The molecule has 1 aliphatic rings. The van der Waals surface area contributed by atoms with Crippen molar-refractivity contribution in [1.82, 2.24) is 9.88 Å². The molecule has 18 heavy (non-hydrogen) atoms. The van der Waals surface area contributed by atoms with E-state index in [0.717, 1.165) is 0 Å². The minimum Gasteiger partial charge on any atom is -0.349 e. The molecule has 0 spiro atoms. The Morgan fingerprint density at radius 2 is 2.11 bits per heavy atom. The van der Waals surface area contributed by atoms with Crippen molar-refractivity contribution in [2.75, 3.05) is 0 Å². The quantitative estimate of drug-likeness (QED) is 0.885. The average molecular weight is 248 g/mol. The SMILES string of the molecule is CC(NC(=O)c1ccn(C)c(=O)c1)C1CCCC1. The number of hydrogen-bond donors (Lipinski definition) is 1. The zero-order valence-corrected chi connectivity index (χ0v) is 11.0. The predicted molar refractivity (Wildman–Crippen MR) is 70.6 cm³/mol. The van der Waals surface area contributed by atoms with Gasteiger partial charge in [0.15, 0.2) is 0 Å². The molecular weight excluding hydrogens is 228 g/mol. The molecule has 1 atom stereocenters. The Hall–Kier alpha value is -1.58. The molecule has 1 heterocycles. The third-order valence-electron chi connectivity index (χ3n) is 3.83. The number of amides is 1. The van der Waals surface area contributed by atoms with Crippen molar-refractivity contribution >= 4 is 5.91 Å². The Morgan fingerprint density at radius 1 is 1.44 bits per heavy atom. The maximum absolute atomic E-state index is 12.0. The summed E-state index contributed by atoms with van der Waals surface area (Å²) in [5.74, 6) is 0.438. The van der Waals surface area contributed by atoms with Gasteiger partial charge in [0.2, 0.25) is 0 Å². The maximum Gasteiger partial charge on any atom is 0.251 e. The molecule has 0 aromatic carbocycles. The number of carbonyl (C=O) groups excluding carboxylic acids is 1. The predicted octanol–water partition coefficient (Wildman–Crippen LogP) is 1.69. The van der Waals surface area contributed by atoms with Gasteiger partial charge in [-0.2, -0.15) is 0 Å². The summed E-state index contributed by atoms with van der Waals surface area (Å²) in [4.78, 5) is 23.5. The van der Waals surface area contributed by atoms with E-state index in [9.17, 15) is 9.59 Å². The summed E-state index contributed by atoms with van der Waals surface area (Å²) in [6.07, 6.45) is 6.53. The van der Waals surface area contributed by atoms with Gasteiger partial charge >= 0.3 is 0 Å². The molecule has 0 radical (unpaired) electrons. The smallest absolute Gasteiger partial charge is 0.251 e. The molecule has 1 aliphatic carbocycles. The topological polar surface area (TPSA) is 51.1 Å². The van der Waals surface area contributed by atoms with Crippen LogP contribution in [0.1, 0.15) is 43.0 Å².